The van der Waals surface area contributed by atoms with Gasteiger partial charge in [0.2, 0.25) is 0 Å². The summed E-state index contributed by atoms with van der Waals surface area (Å²) < 4.78 is 1.19. The van der Waals surface area contributed by atoms with Gasteiger partial charge >= 0.3 is 0 Å². The van der Waals surface area contributed by atoms with Crippen molar-refractivity contribution in [2.24, 2.45) is 0 Å². The lowest BCUT2D eigenvalue weighted by atomic mass is 9.89. The molecule has 0 aromatic heterocycles. The third kappa shape index (κ3) is 1.96. The number of benzene rings is 3. The standard InChI is InChI=1S/C20H15Br/c1-13-12-18(17-10-5-11-19(21)20(13)17)16-9-4-7-14-6-2-3-8-15(14)16/h2-12,18H,1H3. The molecule has 0 amide bonds. The van der Waals surface area contributed by atoms with Crippen LogP contribution in [0.3, 0.4) is 0 Å². The number of rotatable bonds is 1. The Bertz CT molecular complexity index is 869. The van der Waals surface area contributed by atoms with E-state index in [4.69, 9.17) is 0 Å². The highest BCUT2D eigenvalue weighted by molar-refractivity contribution is 9.10. The maximum absolute atomic E-state index is 3.70. The normalized spacial score (nSPS) is 16.9. The van der Waals surface area contributed by atoms with Crippen LogP contribution in [-0.4, -0.2) is 0 Å². The molecule has 0 fully saturated rings. The van der Waals surface area contributed by atoms with Gasteiger partial charge in [0.1, 0.15) is 0 Å². The molecule has 0 radical (unpaired) electrons. The summed E-state index contributed by atoms with van der Waals surface area (Å²) in [6, 6.07) is 21.8. The Balaban J connectivity index is 1.98. The molecule has 3 aromatic carbocycles. The minimum atomic E-state index is 0.351. The summed E-state index contributed by atoms with van der Waals surface area (Å²) in [5.41, 5.74) is 5.51. The summed E-state index contributed by atoms with van der Waals surface area (Å²) in [7, 11) is 0. The van der Waals surface area contributed by atoms with Crippen LogP contribution in [0.25, 0.3) is 16.3 Å². The quantitative estimate of drug-likeness (QED) is 0.500. The highest BCUT2D eigenvalue weighted by atomic mass is 79.9. The Labute approximate surface area is 133 Å². The van der Waals surface area contributed by atoms with Crippen molar-refractivity contribution in [1.29, 1.82) is 0 Å². The zero-order valence-corrected chi connectivity index (χ0v) is 13.4. The zero-order chi connectivity index (χ0) is 14.4. The van der Waals surface area contributed by atoms with Crippen LogP contribution >= 0.6 is 15.9 Å². The van der Waals surface area contributed by atoms with Crippen molar-refractivity contribution >= 4 is 32.3 Å². The van der Waals surface area contributed by atoms with Gasteiger partial charge < -0.3 is 0 Å². The van der Waals surface area contributed by atoms with Gasteiger partial charge in [-0.05, 0) is 46.0 Å². The minimum Gasteiger partial charge on any atom is -0.0690 e. The molecule has 0 saturated carbocycles. The van der Waals surface area contributed by atoms with Crippen molar-refractivity contribution < 1.29 is 0 Å². The molecule has 1 aliphatic carbocycles. The Morgan fingerprint density at radius 2 is 1.52 bits per heavy atom. The monoisotopic (exact) mass is 334 g/mol. The van der Waals surface area contributed by atoms with Gasteiger partial charge in [-0.3, -0.25) is 0 Å². The molecule has 0 aliphatic heterocycles. The van der Waals surface area contributed by atoms with Crippen LogP contribution in [0, 0.1) is 0 Å². The van der Waals surface area contributed by atoms with E-state index in [1.54, 1.807) is 0 Å². The van der Waals surface area contributed by atoms with Crippen molar-refractivity contribution in [2.75, 3.05) is 0 Å². The first kappa shape index (κ1) is 12.8. The molecule has 0 heterocycles. The van der Waals surface area contributed by atoms with Crippen LogP contribution < -0.4 is 0 Å². The summed E-state index contributed by atoms with van der Waals surface area (Å²) in [4.78, 5) is 0. The van der Waals surface area contributed by atoms with E-state index in [9.17, 15) is 0 Å². The van der Waals surface area contributed by atoms with Gasteiger partial charge in [-0.1, -0.05) is 76.6 Å². The number of allylic oxidation sites excluding steroid dienone is 2. The molecule has 0 bridgehead atoms. The van der Waals surface area contributed by atoms with Crippen molar-refractivity contribution in [3.8, 4) is 0 Å². The first-order valence-corrected chi connectivity index (χ1v) is 8.00. The van der Waals surface area contributed by atoms with Crippen molar-refractivity contribution in [3.05, 3.63) is 87.9 Å². The predicted molar refractivity (Wildman–Crippen MR) is 93.6 cm³/mol. The maximum atomic E-state index is 3.70. The molecule has 21 heavy (non-hydrogen) atoms. The first-order chi connectivity index (χ1) is 10.3. The van der Waals surface area contributed by atoms with Gasteiger partial charge in [0, 0.05) is 10.4 Å². The van der Waals surface area contributed by atoms with E-state index < -0.39 is 0 Å². The number of hydrogen-bond acceptors (Lipinski definition) is 0. The molecule has 0 nitrogen and oxygen atoms in total. The second kappa shape index (κ2) is 4.85. The fraction of sp³-hybridized carbons (Fsp3) is 0.100. The molecule has 1 heteroatoms. The van der Waals surface area contributed by atoms with E-state index in [0.29, 0.717) is 5.92 Å². The molecule has 1 aliphatic rings. The average molecular weight is 335 g/mol. The van der Waals surface area contributed by atoms with Crippen LogP contribution in [0.1, 0.15) is 29.5 Å². The highest BCUT2D eigenvalue weighted by Gasteiger charge is 2.25. The minimum absolute atomic E-state index is 0.351. The van der Waals surface area contributed by atoms with Crippen LogP contribution in [0.2, 0.25) is 0 Å². The molecule has 102 valence electrons. The number of fused-ring (bicyclic) bond motifs is 2. The van der Waals surface area contributed by atoms with E-state index >= 15 is 0 Å². The average Bonchev–Trinajstić information content (AvgIpc) is 2.85. The lowest BCUT2D eigenvalue weighted by Gasteiger charge is -2.15. The Morgan fingerprint density at radius 3 is 2.43 bits per heavy atom. The predicted octanol–water partition coefficient (Wildman–Crippen LogP) is 6.15. The topological polar surface area (TPSA) is 0 Å². The summed E-state index contributed by atoms with van der Waals surface area (Å²) in [5.74, 6) is 0.351. The fourth-order valence-electron chi connectivity index (χ4n) is 3.42. The Kier molecular flexibility index (Phi) is 2.97. The van der Waals surface area contributed by atoms with Gasteiger partial charge in [-0.2, -0.15) is 0 Å². The van der Waals surface area contributed by atoms with Crippen LogP contribution in [0.5, 0.6) is 0 Å². The second-order valence-corrected chi connectivity index (χ2v) is 6.45. The van der Waals surface area contributed by atoms with Crippen LogP contribution in [-0.2, 0) is 0 Å². The summed E-state index contributed by atoms with van der Waals surface area (Å²) in [6.45, 7) is 2.20. The van der Waals surface area contributed by atoms with Gasteiger partial charge in [-0.15, -0.1) is 0 Å². The molecule has 0 spiro atoms. The largest absolute Gasteiger partial charge is 0.0690 e. The van der Waals surface area contributed by atoms with E-state index in [1.807, 2.05) is 0 Å². The zero-order valence-electron chi connectivity index (χ0n) is 11.8. The van der Waals surface area contributed by atoms with Crippen molar-refractivity contribution in [2.45, 2.75) is 12.8 Å². The Hall–Kier alpha value is -1.86. The van der Waals surface area contributed by atoms with E-state index in [1.165, 1.54) is 37.5 Å². The van der Waals surface area contributed by atoms with Crippen LogP contribution in [0.15, 0.2) is 71.2 Å². The maximum Gasteiger partial charge on any atom is 0.0287 e. The van der Waals surface area contributed by atoms with E-state index in [2.05, 4.69) is 89.6 Å². The first-order valence-electron chi connectivity index (χ1n) is 7.20. The van der Waals surface area contributed by atoms with Crippen LogP contribution in [0.4, 0.5) is 0 Å². The second-order valence-electron chi connectivity index (χ2n) is 5.60. The molecule has 4 rings (SSSR count). The summed E-state index contributed by atoms with van der Waals surface area (Å²) in [6.07, 6.45) is 2.39. The molecule has 1 atom stereocenters. The molecule has 1 unspecified atom stereocenters. The van der Waals surface area contributed by atoms with Crippen molar-refractivity contribution in [1.82, 2.24) is 0 Å². The molecule has 0 saturated heterocycles. The number of halogens is 1. The Morgan fingerprint density at radius 1 is 0.810 bits per heavy atom. The lowest BCUT2D eigenvalue weighted by Crippen LogP contribution is -1.97. The van der Waals surface area contributed by atoms with Gasteiger partial charge in [0.15, 0.2) is 0 Å². The lowest BCUT2D eigenvalue weighted by molar-refractivity contribution is 1.06. The third-order valence-electron chi connectivity index (χ3n) is 4.35. The molecule has 0 N–H and O–H groups in total. The SMILES string of the molecule is CC1=CC(c2cccc3ccccc23)c2cccc(Br)c21. The molecular weight excluding hydrogens is 320 g/mol. The molecule has 3 aromatic rings. The van der Waals surface area contributed by atoms with E-state index in [-0.39, 0.29) is 0 Å². The number of hydrogen-bond donors (Lipinski definition) is 0. The highest BCUT2D eigenvalue weighted by Crippen LogP contribution is 2.44. The smallest absolute Gasteiger partial charge is 0.0287 e. The van der Waals surface area contributed by atoms with Gasteiger partial charge in [0.05, 0.1) is 0 Å². The summed E-state index contributed by atoms with van der Waals surface area (Å²) in [5, 5.41) is 2.66. The third-order valence-corrected chi connectivity index (χ3v) is 5.01. The fourth-order valence-corrected chi connectivity index (χ4v) is 4.11. The van der Waals surface area contributed by atoms with Crippen molar-refractivity contribution in [3.63, 3.8) is 0 Å². The van der Waals surface area contributed by atoms with Gasteiger partial charge in [-0.25, -0.2) is 0 Å². The van der Waals surface area contributed by atoms with E-state index in [0.717, 1.165) is 0 Å². The molecular formula is C20H15Br. The van der Waals surface area contributed by atoms with Gasteiger partial charge in [0.25, 0.3) is 0 Å². The summed E-state index contributed by atoms with van der Waals surface area (Å²) >= 11 is 3.70.